The lowest BCUT2D eigenvalue weighted by Crippen LogP contribution is -2.39. The van der Waals surface area contributed by atoms with Gasteiger partial charge in [-0.15, -0.1) is 5.10 Å². The molecule has 0 unspecified atom stereocenters. The zero-order valence-corrected chi connectivity index (χ0v) is 12.2. The number of aliphatic hydroxyl groups excluding tert-OH is 1. The summed E-state index contributed by atoms with van der Waals surface area (Å²) in [6, 6.07) is 6.38. The quantitative estimate of drug-likeness (QED) is 0.923. The van der Waals surface area contributed by atoms with E-state index in [2.05, 4.69) is 40.3 Å². The van der Waals surface area contributed by atoms with Crippen molar-refractivity contribution in [1.29, 1.82) is 0 Å². The van der Waals surface area contributed by atoms with E-state index in [9.17, 15) is 5.11 Å². The molecule has 2 heterocycles. The fourth-order valence-corrected chi connectivity index (χ4v) is 2.85. The number of likely N-dealkylation sites (tertiary alicyclic amines) is 1. The van der Waals surface area contributed by atoms with E-state index in [1.165, 1.54) is 5.56 Å². The zero-order valence-electron chi connectivity index (χ0n) is 12.2. The van der Waals surface area contributed by atoms with Crippen LogP contribution in [0.5, 0.6) is 0 Å². The van der Waals surface area contributed by atoms with Crippen LogP contribution in [0.15, 0.2) is 18.2 Å². The number of benzene rings is 1. The summed E-state index contributed by atoms with van der Waals surface area (Å²) in [4.78, 5) is 2.45. The Morgan fingerprint density at radius 3 is 2.75 bits per heavy atom. The number of fused-ring (bicyclic) bond motifs is 1. The van der Waals surface area contributed by atoms with Crippen molar-refractivity contribution in [1.82, 2.24) is 19.9 Å². The van der Waals surface area contributed by atoms with Crippen LogP contribution >= 0.6 is 0 Å². The Labute approximate surface area is 119 Å². The van der Waals surface area contributed by atoms with E-state index in [4.69, 9.17) is 0 Å². The molecule has 1 N–H and O–H groups in total. The van der Waals surface area contributed by atoms with Gasteiger partial charge in [-0.25, -0.2) is 4.68 Å². The summed E-state index contributed by atoms with van der Waals surface area (Å²) in [6.45, 7) is 5.53. The molecule has 108 valence electrons. The molecule has 1 aromatic carbocycles. The van der Waals surface area contributed by atoms with Crippen LogP contribution in [0.4, 0.5) is 0 Å². The molecule has 20 heavy (non-hydrogen) atoms. The van der Waals surface area contributed by atoms with Gasteiger partial charge >= 0.3 is 0 Å². The first kappa shape index (κ1) is 13.5. The average Bonchev–Trinajstić information content (AvgIpc) is 2.83. The molecule has 0 spiro atoms. The maximum Gasteiger partial charge on any atom is 0.113 e. The molecule has 1 fully saturated rings. The van der Waals surface area contributed by atoms with Gasteiger partial charge in [-0.05, 0) is 49.0 Å². The summed E-state index contributed by atoms with van der Waals surface area (Å²) >= 11 is 0. The molecule has 0 amide bonds. The van der Waals surface area contributed by atoms with Gasteiger partial charge in [0, 0.05) is 20.2 Å². The van der Waals surface area contributed by atoms with E-state index in [1.807, 2.05) is 7.05 Å². The van der Waals surface area contributed by atoms with E-state index in [0.29, 0.717) is 6.61 Å². The Morgan fingerprint density at radius 1 is 1.30 bits per heavy atom. The predicted octanol–water partition coefficient (Wildman–Crippen LogP) is 1.56. The minimum absolute atomic E-state index is 0.116. The maximum absolute atomic E-state index is 9.41. The molecular weight excluding hydrogens is 252 g/mol. The highest BCUT2D eigenvalue weighted by Gasteiger charge is 2.29. The Hall–Kier alpha value is -1.46. The summed E-state index contributed by atoms with van der Waals surface area (Å²) in [5, 5.41) is 17.6. The largest absolute Gasteiger partial charge is 0.396 e. The minimum atomic E-state index is 0.116. The number of aliphatic hydroxyl groups is 1. The van der Waals surface area contributed by atoms with Crippen LogP contribution in [0.1, 0.15) is 25.3 Å². The number of piperidine rings is 1. The summed E-state index contributed by atoms with van der Waals surface area (Å²) in [5.41, 5.74) is 3.43. The summed E-state index contributed by atoms with van der Waals surface area (Å²) in [5.74, 6) is 0. The molecule has 0 saturated carbocycles. The van der Waals surface area contributed by atoms with Gasteiger partial charge in [0.2, 0.25) is 0 Å². The van der Waals surface area contributed by atoms with Crippen LogP contribution in [0.3, 0.4) is 0 Å². The van der Waals surface area contributed by atoms with E-state index in [1.54, 1.807) is 4.68 Å². The fraction of sp³-hybridized carbons (Fsp3) is 0.600. The predicted molar refractivity (Wildman–Crippen MR) is 78.2 cm³/mol. The molecule has 1 saturated heterocycles. The number of hydrogen-bond donors (Lipinski definition) is 1. The summed E-state index contributed by atoms with van der Waals surface area (Å²) in [7, 11) is 1.91. The Balaban J connectivity index is 1.68. The van der Waals surface area contributed by atoms with E-state index in [0.717, 1.165) is 43.5 Å². The van der Waals surface area contributed by atoms with Gasteiger partial charge in [-0.2, -0.15) is 0 Å². The maximum atomic E-state index is 9.41. The number of nitrogens with zero attached hydrogens (tertiary/aromatic N) is 4. The Bertz CT molecular complexity index is 599. The van der Waals surface area contributed by atoms with Crippen LogP contribution in [0.25, 0.3) is 11.0 Å². The fourth-order valence-electron chi connectivity index (χ4n) is 2.85. The van der Waals surface area contributed by atoms with Crippen molar-refractivity contribution < 1.29 is 5.11 Å². The minimum Gasteiger partial charge on any atom is -0.396 e. The molecule has 1 aliphatic heterocycles. The molecule has 1 aromatic heterocycles. The van der Waals surface area contributed by atoms with Crippen LogP contribution in [0.2, 0.25) is 0 Å². The van der Waals surface area contributed by atoms with Crippen LogP contribution < -0.4 is 0 Å². The Morgan fingerprint density at radius 2 is 2.05 bits per heavy atom. The van der Waals surface area contributed by atoms with Crippen molar-refractivity contribution in [2.24, 2.45) is 12.5 Å². The first-order chi connectivity index (χ1) is 9.59. The van der Waals surface area contributed by atoms with Gasteiger partial charge in [-0.3, -0.25) is 4.90 Å². The van der Waals surface area contributed by atoms with Crippen LogP contribution in [0, 0.1) is 5.41 Å². The number of aromatic nitrogens is 3. The van der Waals surface area contributed by atoms with E-state index in [-0.39, 0.29) is 5.41 Å². The second-order valence-corrected chi connectivity index (χ2v) is 6.28. The van der Waals surface area contributed by atoms with Gasteiger partial charge < -0.3 is 5.11 Å². The third-order valence-electron chi connectivity index (χ3n) is 4.53. The number of hydrogen-bond acceptors (Lipinski definition) is 4. The standard InChI is InChI=1S/C15H22N4O/c1-15(11-20)5-7-19(8-6-15)10-12-3-4-14-13(9-12)16-17-18(14)2/h3-4,9,20H,5-8,10-11H2,1-2H3. The van der Waals surface area contributed by atoms with Crippen molar-refractivity contribution in [3.8, 4) is 0 Å². The van der Waals surface area contributed by atoms with E-state index >= 15 is 0 Å². The lowest BCUT2D eigenvalue weighted by molar-refractivity contribution is 0.0557. The number of aryl methyl sites for hydroxylation is 1. The van der Waals surface area contributed by atoms with Crippen molar-refractivity contribution in [3.05, 3.63) is 23.8 Å². The van der Waals surface area contributed by atoms with Crippen molar-refractivity contribution in [3.63, 3.8) is 0 Å². The molecule has 5 nitrogen and oxygen atoms in total. The Kier molecular flexibility index (Phi) is 3.48. The monoisotopic (exact) mass is 274 g/mol. The summed E-state index contributed by atoms with van der Waals surface area (Å²) in [6.07, 6.45) is 2.13. The second-order valence-electron chi connectivity index (χ2n) is 6.28. The highest BCUT2D eigenvalue weighted by Crippen LogP contribution is 2.30. The normalized spacial score (nSPS) is 19.6. The molecular formula is C15H22N4O. The van der Waals surface area contributed by atoms with Crippen molar-refractivity contribution >= 4 is 11.0 Å². The molecule has 3 rings (SSSR count). The lowest BCUT2D eigenvalue weighted by Gasteiger charge is -2.38. The third-order valence-corrected chi connectivity index (χ3v) is 4.53. The topological polar surface area (TPSA) is 54.2 Å². The number of rotatable bonds is 3. The highest BCUT2D eigenvalue weighted by molar-refractivity contribution is 5.74. The van der Waals surface area contributed by atoms with Gasteiger partial charge in [0.25, 0.3) is 0 Å². The van der Waals surface area contributed by atoms with Gasteiger partial charge in [0.05, 0.1) is 5.52 Å². The van der Waals surface area contributed by atoms with Crippen LogP contribution in [-0.4, -0.2) is 44.7 Å². The van der Waals surface area contributed by atoms with E-state index < -0.39 is 0 Å². The lowest BCUT2D eigenvalue weighted by atomic mass is 9.81. The molecule has 1 aliphatic rings. The molecule has 0 atom stereocenters. The molecule has 2 aromatic rings. The molecule has 0 bridgehead atoms. The van der Waals surface area contributed by atoms with Gasteiger partial charge in [0.1, 0.15) is 5.52 Å². The SMILES string of the molecule is Cn1nnc2cc(CN3CCC(C)(CO)CC3)ccc21. The average molecular weight is 274 g/mol. The molecule has 0 radical (unpaired) electrons. The summed E-state index contributed by atoms with van der Waals surface area (Å²) < 4.78 is 1.80. The van der Waals surface area contributed by atoms with Crippen molar-refractivity contribution in [2.45, 2.75) is 26.3 Å². The third kappa shape index (κ3) is 2.55. The molecule has 5 heteroatoms. The first-order valence-electron chi connectivity index (χ1n) is 7.21. The van der Waals surface area contributed by atoms with Crippen molar-refractivity contribution in [2.75, 3.05) is 19.7 Å². The smallest absolute Gasteiger partial charge is 0.113 e. The van der Waals surface area contributed by atoms with Crippen LogP contribution in [-0.2, 0) is 13.6 Å². The van der Waals surface area contributed by atoms with Gasteiger partial charge in [-0.1, -0.05) is 18.2 Å². The molecule has 0 aliphatic carbocycles. The highest BCUT2D eigenvalue weighted by atomic mass is 16.3. The van der Waals surface area contributed by atoms with Gasteiger partial charge in [0.15, 0.2) is 0 Å². The first-order valence-corrected chi connectivity index (χ1v) is 7.21. The zero-order chi connectivity index (χ0) is 14.2. The second kappa shape index (κ2) is 5.14.